The van der Waals surface area contributed by atoms with Gasteiger partial charge >= 0.3 is 6.09 Å². The lowest BCUT2D eigenvalue weighted by atomic mass is 10.2. The summed E-state index contributed by atoms with van der Waals surface area (Å²) in [6.07, 6.45) is 3.31. The third-order valence-corrected chi connectivity index (χ3v) is 2.87. The summed E-state index contributed by atoms with van der Waals surface area (Å²) < 4.78 is 5.79. The van der Waals surface area contributed by atoms with Crippen LogP contribution < -0.4 is 0 Å². The normalized spacial score (nSPS) is 22.5. The highest BCUT2D eigenvalue weighted by Gasteiger charge is 2.29. The Hall–Kier alpha value is -0.813. The van der Waals surface area contributed by atoms with E-state index in [1.54, 1.807) is 0 Å². The average Bonchev–Trinajstić information content (AvgIpc) is 2.01. The molecule has 1 rings (SSSR count). The molecule has 0 aromatic heterocycles. The van der Waals surface area contributed by atoms with Crippen LogP contribution in [-0.4, -0.2) is 37.2 Å². The molecule has 80 valence electrons. The van der Waals surface area contributed by atoms with Gasteiger partial charge in [-0.3, -0.25) is 4.90 Å². The van der Waals surface area contributed by atoms with Gasteiger partial charge in [-0.15, -0.1) is 0 Å². The average molecular weight is 215 g/mol. The highest BCUT2D eigenvalue weighted by Crippen LogP contribution is 2.17. The number of carbonyl (C=O) groups is 1. The summed E-state index contributed by atoms with van der Waals surface area (Å²) in [5, 5.41) is 8.93. The number of nitrogens with zero attached hydrogens (tertiary/aromatic N) is 1. The number of hydrogen-bond acceptors (Lipinski definition) is 2. The monoisotopic (exact) mass is 215 g/mol. The van der Waals surface area contributed by atoms with Crippen molar-refractivity contribution in [3.05, 3.63) is 12.2 Å². The lowest BCUT2D eigenvalue weighted by Gasteiger charge is -2.34. The summed E-state index contributed by atoms with van der Waals surface area (Å²) in [6.45, 7) is 6.62. The van der Waals surface area contributed by atoms with Crippen LogP contribution in [0.15, 0.2) is 12.2 Å². The lowest BCUT2D eigenvalue weighted by molar-refractivity contribution is 0.0294. The summed E-state index contributed by atoms with van der Waals surface area (Å²) in [5.74, 6) is 0. The van der Waals surface area contributed by atoms with E-state index in [0.717, 1.165) is 0 Å². The first-order chi connectivity index (χ1) is 6.40. The first-order valence-electron chi connectivity index (χ1n) is 4.72. The van der Waals surface area contributed by atoms with Crippen molar-refractivity contribution < 1.29 is 14.3 Å². The maximum absolute atomic E-state index is 10.9. The first kappa shape index (κ1) is 11.3. The molecule has 4 nitrogen and oxygen atoms in total. The molecule has 0 spiro atoms. The van der Waals surface area contributed by atoms with E-state index in [1.165, 1.54) is 4.90 Å². The summed E-state index contributed by atoms with van der Waals surface area (Å²) in [6, 6.07) is 0. The zero-order chi connectivity index (χ0) is 10.8. The van der Waals surface area contributed by atoms with Crippen molar-refractivity contribution in [2.75, 3.05) is 6.54 Å². The van der Waals surface area contributed by atoms with Crippen LogP contribution in [0.25, 0.3) is 0 Å². The Morgan fingerprint density at radius 3 is 2.64 bits per heavy atom. The molecule has 1 aliphatic heterocycles. The Labute approximate surface area is 85.3 Å². The molecular weight excluding hydrogens is 198 g/mol. The van der Waals surface area contributed by atoms with Crippen molar-refractivity contribution in [1.82, 2.24) is 4.90 Å². The standard InChI is InChI=1S/C9H17NO3Si/c1-14(2,3)13-8-6-4-5-7-10(8)9(11)12/h4-5,8H,6-7H2,1-3H3,(H,11,12). The van der Waals surface area contributed by atoms with Crippen LogP contribution in [0.4, 0.5) is 4.79 Å². The summed E-state index contributed by atoms with van der Waals surface area (Å²) in [5.41, 5.74) is 0. The molecule has 1 amide bonds. The molecule has 14 heavy (non-hydrogen) atoms. The van der Waals surface area contributed by atoms with E-state index in [0.29, 0.717) is 13.0 Å². The summed E-state index contributed by atoms with van der Waals surface area (Å²) in [7, 11) is -1.67. The molecule has 0 saturated carbocycles. The van der Waals surface area contributed by atoms with E-state index >= 15 is 0 Å². The van der Waals surface area contributed by atoms with Crippen LogP contribution in [0.1, 0.15) is 6.42 Å². The van der Waals surface area contributed by atoms with E-state index in [1.807, 2.05) is 12.2 Å². The molecule has 1 atom stereocenters. The second kappa shape index (κ2) is 4.14. The van der Waals surface area contributed by atoms with Gasteiger partial charge in [0, 0.05) is 13.0 Å². The van der Waals surface area contributed by atoms with E-state index in [4.69, 9.17) is 9.53 Å². The Kier molecular flexibility index (Phi) is 3.33. The van der Waals surface area contributed by atoms with E-state index in [-0.39, 0.29) is 6.23 Å². The molecule has 0 aromatic carbocycles. The quantitative estimate of drug-likeness (QED) is 0.567. The fraction of sp³-hybridized carbons (Fsp3) is 0.667. The predicted molar refractivity (Wildman–Crippen MR) is 56.7 cm³/mol. The van der Waals surface area contributed by atoms with Gasteiger partial charge in [0.2, 0.25) is 0 Å². The van der Waals surface area contributed by atoms with Crippen LogP contribution in [0.3, 0.4) is 0 Å². The van der Waals surface area contributed by atoms with Gasteiger partial charge in [-0.05, 0) is 19.6 Å². The van der Waals surface area contributed by atoms with E-state index < -0.39 is 14.4 Å². The predicted octanol–water partition coefficient (Wildman–Crippen LogP) is 2.10. The lowest BCUT2D eigenvalue weighted by Crippen LogP contribution is -2.47. The van der Waals surface area contributed by atoms with Gasteiger partial charge in [-0.25, -0.2) is 4.79 Å². The van der Waals surface area contributed by atoms with Crippen LogP contribution in [0, 0.1) is 0 Å². The number of carboxylic acid groups (broad SMARTS) is 1. The third-order valence-electron chi connectivity index (χ3n) is 1.89. The molecule has 1 unspecified atom stereocenters. The molecular formula is C9H17NO3Si. The third kappa shape index (κ3) is 3.15. The minimum absolute atomic E-state index is 0.288. The second-order valence-corrected chi connectivity index (χ2v) is 8.79. The molecule has 0 saturated heterocycles. The largest absolute Gasteiger partial charge is 0.465 e. The fourth-order valence-electron chi connectivity index (χ4n) is 1.37. The number of hydrogen-bond donors (Lipinski definition) is 1. The second-order valence-electron chi connectivity index (χ2n) is 4.33. The molecule has 0 aromatic rings. The topological polar surface area (TPSA) is 49.8 Å². The molecule has 5 heteroatoms. The van der Waals surface area contributed by atoms with Gasteiger partial charge in [0.15, 0.2) is 8.32 Å². The van der Waals surface area contributed by atoms with Crippen molar-refractivity contribution in [1.29, 1.82) is 0 Å². The van der Waals surface area contributed by atoms with Crippen molar-refractivity contribution >= 4 is 14.4 Å². The zero-order valence-electron chi connectivity index (χ0n) is 8.86. The number of rotatable bonds is 2. The Morgan fingerprint density at radius 1 is 1.50 bits per heavy atom. The molecule has 0 aliphatic carbocycles. The molecule has 1 N–H and O–H groups in total. The number of amides is 1. The zero-order valence-corrected chi connectivity index (χ0v) is 9.86. The highest BCUT2D eigenvalue weighted by molar-refractivity contribution is 6.69. The van der Waals surface area contributed by atoms with Gasteiger partial charge in [0.05, 0.1) is 0 Å². The Bertz CT molecular complexity index is 247. The van der Waals surface area contributed by atoms with Crippen molar-refractivity contribution in [2.45, 2.75) is 32.3 Å². The molecule has 0 radical (unpaired) electrons. The van der Waals surface area contributed by atoms with Crippen molar-refractivity contribution in [2.24, 2.45) is 0 Å². The van der Waals surface area contributed by atoms with E-state index in [9.17, 15) is 4.79 Å². The van der Waals surface area contributed by atoms with Gasteiger partial charge in [-0.1, -0.05) is 12.2 Å². The minimum atomic E-state index is -1.67. The molecule has 0 bridgehead atoms. The molecule has 0 fully saturated rings. The maximum atomic E-state index is 10.9. The maximum Gasteiger partial charge on any atom is 0.409 e. The van der Waals surface area contributed by atoms with Crippen LogP contribution in [-0.2, 0) is 4.43 Å². The fourth-order valence-corrected chi connectivity index (χ4v) is 2.41. The Balaban J connectivity index is 2.65. The molecule has 1 aliphatic rings. The summed E-state index contributed by atoms with van der Waals surface area (Å²) in [4.78, 5) is 12.2. The SMILES string of the molecule is C[Si](C)(C)OC1CC=CCN1C(=O)O. The highest BCUT2D eigenvalue weighted by atomic mass is 28.4. The van der Waals surface area contributed by atoms with Crippen LogP contribution >= 0.6 is 0 Å². The van der Waals surface area contributed by atoms with Crippen LogP contribution in [0.2, 0.25) is 19.6 Å². The molecule has 1 heterocycles. The van der Waals surface area contributed by atoms with Crippen LogP contribution in [0.5, 0.6) is 0 Å². The minimum Gasteiger partial charge on any atom is -0.465 e. The smallest absolute Gasteiger partial charge is 0.409 e. The van der Waals surface area contributed by atoms with Crippen molar-refractivity contribution in [3.63, 3.8) is 0 Å². The first-order valence-corrected chi connectivity index (χ1v) is 8.13. The summed E-state index contributed by atoms with van der Waals surface area (Å²) >= 11 is 0. The van der Waals surface area contributed by atoms with Gasteiger partial charge < -0.3 is 9.53 Å². The van der Waals surface area contributed by atoms with E-state index in [2.05, 4.69) is 19.6 Å². The van der Waals surface area contributed by atoms with Gasteiger partial charge in [-0.2, -0.15) is 0 Å². The van der Waals surface area contributed by atoms with Gasteiger partial charge in [0.25, 0.3) is 0 Å². The Morgan fingerprint density at radius 2 is 2.14 bits per heavy atom. The van der Waals surface area contributed by atoms with Gasteiger partial charge in [0.1, 0.15) is 6.23 Å². The van der Waals surface area contributed by atoms with Crippen molar-refractivity contribution in [3.8, 4) is 0 Å².